The minimum atomic E-state index is 0.262. The van der Waals surface area contributed by atoms with Crippen LogP contribution < -0.4 is 9.47 Å². The van der Waals surface area contributed by atoms with Crippen molar-refractivity contribution in [2.24, 2.45) is 0 Å². The van der Waals surface area contributed by atoms with Crippen molar-refractivity contribution in [3.05, 3.63) is 93.5 Å². The van der Waals surface area contributed by atoms with Crippen molar-refractivity contribution in [1.29, 1.82) is 10.5 Å². The molecule has 3 aromatic rings. The minimum absolute atomic E-state index is 0.262. The molecule has 4 nitrogen and oxygen atoms in total. The van der Waals surface area contributed by atoms with E-state index in [1.165, 1.54) is 0 Å². The third-order valence-corrected chi connectivity index (χ3v) is 4.82. The molecule has 0 bridgehead atoms. The summed E-state index contributed by atoms with van der Waals surface area (Å²) in [7, 11) is 1.57. The fraction of sp³-hybridized carbons (Fsp3) is 0.0833. The van der Waals surface area contributed by atoms with Crippen molar-refractivity contribution >= 4 is 27.6 Å². The number of halogens is 1. The van der Waals surface area contributed by atoms with Crippen LogP contribution in [0.1, 0.15) is 22.3 Å². The molecule has 0 aliphatic carbocycles. The zero-order valence-corrected chi connectivity index (χ0v) is 17.3. The van der Waals surface area contributed by atoms with Gasteiger partial charge in [-0.3, -0.25) is 0 Å². The molecule has 29 heavy (non-hydrogen) atoms. The zero-order valence-electron chi connectivity index (χ0n) is 15.7. The normalized spacial score (nSPS) is 10.7. The number of rotatable bonds is 6. The van der Waals surface area contributed by atoms with Crippen LogP contribution in [-0.2, 0) is 6.61 Å². The van der Waals surface area contributed by atoms with E-state index in [1.807, 2.05) is 54.6 Å². The molecule has 3 aromatic carbocycles. The van der Waals surface area contributed by atoms with Gasteiger partial charge in [-0.25, -0.2) is 0 Å². The van der Waals surface area contributed by atoms with Gasteiger partial charge >= 0.3 is 0 Å². The van der Waals surface area contributed by atoms with Gasteiger partial charge in [0.05, 0.1) is 30.4 Å². The molecule has 0 aliphatic heterocycles. The first kappa shape index (κ1) is 20.2. The van der Waals surface area contributed by atoms with Gasteiger partial charge in [0.25, 0.3) is 0 Å². The highest BCUT2D eigenvalue weighted by Gasteiger charge is 2.09. The Morgan fingerprint density at radius 3 is 2.45 bits per heavy atom. The topological polar surface area (TPSA) is 66.0 Å². The Hall–Kier alpha value is -3.54. The molecule has 0 amide bonds. The maximum Gasteiger partial charge on any atom is 0.161 e. The molecular weight excluding hydrogens is 428 g/mol. The molecule has 0 N–H and O–H groups in total. The summed E-state index contributed by atoms with van der Waals surface area (Å²) in [4.78, 5) is 0. The number of methoxy groups -OCH3 is 1. The number of ether oxygens (including phenoxy) is 2. The van der Waals surface area contributed by atoms with Crippen LogP contribution in [0.4, 0.5) is 0 Å². The van der Waals surface area contributed by atoms with Crippen molar-refractivity contribution in [2.45, 2.75) is 6.61 Å². The first-order valence-electron chi connectivity index (χ1n) is 8.81. The van der Waals surface area contributed by atoms with Crippen molar-refractivity contribution in [1.82, 2.24) is 0 Å². The van der Waals surface area contributed by atoms with E-state index in [-0.39, 0.29) is 6.61 Å². The van der Waals surface area contributed by atoms with Crippen molar-refractivity contribution in [3.8, 4) is 23.6 Å². The SMILES string of the molecule is COc1cc(/C=C(/C#N)c2ccc(Br)cc2)ccc1OCc1ccccc1C#N. The zero-order chi connectivity index (χ0) is 20.6. The van der Waals surface area contributed by atoms with Gasteiger partial charge in [0.15, 0.2) is 11.5 Å². The summed E-state index contributed by atoms with van der Waals surface area (Å²) >= 11 is 3.40. The molecule has 0 unspecified atom stereocenters. The Balaban J connectivity index is 1.84. The van der Waals surface area contributed by atoms with E-state index in [1.54, 1.807) is 25.3 Å². The second-order valence-corrected chi connectivity index (χ2v) is 7.06. The fourth-order valence-electron chi connectivity index (χ4n) is 2.78. The van der Waals surface area contributed by atoms with Crippen LogP contribution in [0.25, 0.3) is 11.6 Å². The lowest BCUT2D eigenvalue weighted by molar-refractivity contribution is 0.284. The molecule has 0 saturated carbocycles. The number of nitrogens with zero attached hydrogens (tertiary/aromatic N) is 2. The number of allylic oxidation sites excluding steroid dienone is 1. The van der Waals surface area contributed by atoms with E-state index in [4.69, 9.17) is 9.47 Å². The molecular formula is C24H17BrN2O2. The van der Waals surface area contributed by atoms with Crippen LogP contribution in [0.5, 0.6) is 11.5 Å². The van der Waals surface area contributed by atoms with E-state index in [9.17, 15) is 10.5 Å². The lowest BCUT2D eigenvalue weighted by atomic mass is 10.0. The molecule has 0 saturated heterocycles. The highest BCUT2D eigenvalue weighted by molar-refractivity contribution is 9.10. The number of benzene rings is 3. The quantitative estimate of drug-likeness (QED) is 0.346. The van der Waals surface area contributed by atoms with Gasteiger partial charge in [0.2, 0.25) is 0 Å². The maximum absolute atomic E-state index is 9.54. The Labute approximate surface area is 178 Å². The summed E-state index contributed by atoms with van der Waals surface area (Å²) in [6.07, 6.45) is 1.81. The second-order valence-electron chi connectivity index (χ2n) is 6.14. The first-order valence-corrected chi connectivity index (χ1v) is 9.60. The summed E-state index contributed by atoms with van der Waals surface area (Å²) in [6, 6.07) is 24.8. The van der Waals surface area contributed by atoms with Crippen molar-refractivity contribution in [2.75, 3.05) is 7.11 Å². The average Bonchev–Trinajstić information content (AvgIpc) is 2.77. The van der Waals surface area contributed by atoms with Crippen LogP contribution in [0, 0.1) is 22.7 Å². The van der Waals surface area contributed by atoms with E-state index < -0.39 is 0 Å². The molecule has 0 aliphatic rings. The Bertz CT molecular complexity index is 1120. The smallest absolute Gasteiger partial charge is 0.161 e. The lowest BCUT2D eigenvalue weighted by Gasteiger charge is -2.12. The summed E-state index contributed by atoms with van der Waals surface area (Å²) < 4.78 is 12.3. The Morgan fingerprint density at radius 1 is 1.00 bits per heavy atom. The third kappa shape index (κ3) is 5.04. The fourth-order valence-corrected chi connectivity index (χ4v) is 3.04. The van der Waals surface area contributed by atoms with Crippen LogP contribution in [0.15, 0.2) is 71.2 Å². The summed E-state index contributed by atoms with van der Waals surface area (Å²) in [5.41, 5.74) is 3.60. The second kappa shape index (κ2) is 9.59. The molecule has 142 valence electrons. The minimum Gasteiger partial charge on any atom is -0.493 e. The van der Waals surface area contributed by atoms with Gasteiger partial charge in [0, 0.05) is 10.0 Å². The average molecular weight is 445 g/mol. The maximum atomic E-state index is 9.54. The molecule has 3 rings (SSSR count). The molecule has 0 spiro atoms. The van der Waals surface area contributed by atoms with Crippen molar-refractivity contribution in [3.63, 3.8) is 0 Å². The summed E-state index contributed by atoms with van der Waals surface area (Å²) in [5, 5.41) is 18.7. The van der Waals surface area contributed by atoms with Gasteiger partial charge in [-0.15, -0.1) is 0 Å². The first-order chi connectivity index (χ1) is 14.1. The van der Waals surface area contributed by atoms with Crippen molar-refractivity contribution < 1.29 is 9.47 Å². The standard InChI is InChI=1S/C24H17BrN2O2/c1-28-24-13-17(12-21(15-27)18-7-9-22(25)10-8-18)6-11-23(24)29-16-20-5-3-2-4-19(20)14-26/h2-13H,16H2,1H3/b21-12-. The van der Waals surface area contributed by atoms with Crippen LogP contribution in [-0.4, -0.2) is 7.11 Å². The Morgan fingerprint density at radius 2 is 1.76 bits per heavy atom. The molecule has 0 fully saturated rings. The van der Waals surface area contributed by atoms with E-state index >= 15 is 0 Å². The molecule has 0 atom stereocenters. The monoisotopic (exact) mass is 444 g/mol. The highest BCUT2D eigenvalue weighted by Crippen LogP contribution is 2.31. The van der Waals surface area contributed by atoms with Gasteiger partial charge in [0.1, 0.15) is 6.61 Å². The predicted molar refractivity (Wildman–Crippen MR) is 116 cm³/mol. The van der Waals surface area contributed by atoms with E-state index in [0.717, 1.165) is 21.2 Å². The van der Waals surface area contributed by atoms with Gasteiger partial charge in [-0.1, -0.05) is 52.3 Å². The number of nitriles is 2. The highest BCUT2D eigenvalue weighted by atomic mass is 79.9. The third-order valence-electron chi connectivity index (χ3n) is 4.30. The lowest BCUT2D eigenvalue weighted by Crippen LogP contribution is -2.00. The van der Waals surface area contributed by atoms with Crippen LogP contribution in [0.3, 0.4) is 0 Å². The number of hydrogen-bond acceptors (Lipinski definition) is 4. The number of hydrogen-bond donors (Lipinski definition) is 0. The van der Waals surface area contributed by atoms with E-state index in [2.05, 4.69) is 28.1 Å². The molecule has 5 heteroatoms. The van der Waals surface area contributed by atoms with Crippen LogP contribution >= 0.6 is 15.9 Å². The van der Waals surface area contributed by atoms with E-state index in [0.29, 0.717) is 22.6 Å². The molecule has 0 radical (unpaired) electrons. The predicted octanol–water partition coefficient (Wildman–Crippen LogP) is 5.97. The Kier molecular flexibility index (Phi) is 6.68. The summed E-state index contributed by atoms with van der Waals surface area (Å²) in [5.74, 6) is 1.13. The molecule has 0 aromatic heterocycles. The van der Waals surface area contributed by atoms with Gasteiger partial charge in [-0.2, -0.15) is 10.5 Å². The van der Waals surface area contributed by atoms with Crippen LogP contribution in [0.2, 0.25) is 0 Å². The summed E-state index contributed by atoms with van der Waals surface area (Å²) in [6.45, 7) is 0.262. The molecule has 0 heterocycles. The van der Waals surface area contributed by atoms with Gasteiger partial charge < -0.3 is 9.47 Å². The van der Waals surface area contributed by atoms with Gasteiger partial charge in [-0.05, 0) is 47.5 Å². The largest absolute Gasteiger partial charge is 0.493 e.